The van der Waals surface area contributed by atoms with Crippen molar-refractivity contribution >= 4 is 0 Å². The highest BCUT2D eigenvalue weighted by atomic mass is 15.1. The monoisotopic (exact) mass is 176 g/mol. The average Bonchev–Trinajstić information content (AvgIpc) is 2.75. The van der Waals surface area contributed by atoms with Crippen molar-refractivity contribution in [2.75, 3.05) is 0 Å². The van der Waals surface area contributed by atoms with Crippen LogP contribution in [0.2, 0.25) is 0 Å². The van der Waals surface area contributed by atoms with Crippen LogP contribution >= 0.6 is 0 Å². The molecule has 0 saturated heterocycles. The van der Waals surface area contributed by atoms with Gasteiger partial charge in [-0.3, -0.25) is 5.10 Å². The van der Waals surface area contributed by atoms with E-state index >= 15 is 0 Å². The van der Waals surface area contributed by atoms with E-state index in [4.69, 9.17) is 0 Å². The fraction of sp³-hybridized carbons (Fsp3) is 0.222. The Morgan fingerprint density at radius 1 is 1.31 bits per heavy atom. The number of rotatable bonds is 4. The first-order chi connectivity index (χ1) is 6.45. The molecular formula is C9H12N4. The van der Waals surface area contributed by atoms with Gasteiger partial charge in [0.1, 0.15) is 0 Å². The summed E-state index contributed by atoms with van der Waals surface area (Å²) in [5.41, 5.74) is 2.37. The maximum absolute atomic E-state index is 3.87. The molecule has 2 heterocycles. The highest BCUT2D eigenvalue weighted by molar-refractivity contribution is 5.08. The number of nitrogens with zero attached hydrogens (tertiary/aromatic N) is 1. The minimum absolute atomic E-state index is 0.825. The van der Waals surface area contributed by atoms with E-state index in [9.17, 15) is 0 Å². The lowest BCUT2D eigenvalue weighted by molar-refractivity contribution is 0.678. The average molecular weight is 176 g/mol. The molecule has 68 valence electrons. The summed E-state index contributed by atoms with van der Waals surface area (Å²) in [6, 6.07) is 4.02. The summed E-state index contributed by atoms with van der Waals surface area (Å²) >= 11 is 0. The van der Waals surface area contributed by atoms with Crippen molar-refractivity contribution in [2.45, 2.75) is 13.1 Å². The van der Waals surface area contributed by atoms with Gasteiger partial charge in [-0.1, -0.05) is 0 Å². The van der Waals surface area contributed by atoms with Crippen LogP contribution in [0.15, 0.2) is 30.7 Å². The maximum Gasteiger partial charge on any atom is 0.0490 e. The molecular weight excluding hydrogens is 164 g/mol. The number of H-pyrrole nitrogens is 2. The predicted molar refractivity (Wildman–Crippen MR) is 49.9 cm³/mol. The minimum Gasteiger partial charge on any atom is -0.367 e. The summed E-state index contributed by atoms with van der Waals surface area (Å²) in [6.07, 6.45) is 5.67. The van der Waals surface area contributed by atoms with Crippen LogP contribution in [-0.4, -0.2) is 15.2 Å². The molecule has 0 aliphatic carbocycles. The van der Waals surface area contributed by atoms with Crippen LogP contribution in [-0.2, 0) is 13.1 Å². The van der Waals surface area contributed by atoms with E-state index < -0.39 is 0 Å². The molecule has 2 aromatic rings. The van der Waals surface area contributed by atoms with Crippen LogP contribution in [0.3, 0.4) is 0 Å². The lowest BCUT2D eigenvalue weighted by Crippen LogP contribution is -2.12. The molecule has 0 amide bonds. The van der Waals surface area contributed by atoms with Gasteiger partial charge in [-0.15, -0.1) is 0 Å². The number of aromatic nitrogens is 3. The van der Waals surface area contributed by atoms with Crippen LogP contribution in [0, 0.1) is 0 Å². The second kappa shape index (κ2) is 3.91. The standard InChI is InChI=1S/C9H12N4/c1-3-10-5-8(1)6-11-7-9-2-4-12-13-9/h1-5,10-11H,6-7H2,(H,12,13). The third-order valence-electron chi connectivity index (χ3n) is 1.87. The summed E-state index contributed by atoms with van der Waals surface area (Å²) in [5.74, 6) is 0. The molecule has 0 unspecified atom stereocenters. The number of nitrogens with one attached hydrogen (secondary N) is 3. The van der Waals surface area contributed by atoms with Gasteiger partial charge in [0.2, 0.25) is 0 Å². The van der Waals surface area contributed by atoms with E-state index in [0.29, 0.717) is 0 Å². The van der Waals surface area contributed by atoms with E-state index in [0.717, 1.165) is 18.8 Å². The number of hydrogen-bond acceptors (Lipinski definition) is 2. The Kier molecular flexibility index (Phi) is 2.43. The van der Waals surface area contributed by atoms with Crippen molar-refractivity contribution < 1.29 is 0 Å². The van der Waals surface area contributed by atoms with Crippen LogP contribution in [0.1, 0.15) is 11.3 Å². The molecule has 0 aromatic carbocycles. The van der Waals surface area contributed by atoms with Crippen LogP contribution in [0.5, 0.6) is 0 Å². The zero-order valence-electron chi connectivity index (χ0n) is 7.25. The molecule has 0 saturated carbocycles. The molecule has 0 aliphatic rings. The molecule has 0 bridgehead atoms. The fourth-order valence-corrected chi connectivity index (χ4v) is 1.19. The third-order valence-corrected chi connectivity index (χ3v) is 1.87. The van der Waals surface area contributed by atoms with Gasteiger partial charge in [-0.25, -0.2) is 0 Å². The van der Waals surface area contributed by atoms with E-state index in [1.165, 1.54) is 5.56 Å². The lowest BCUT2D eigenvalue weighted by atomic mass is 10.3. The molecule has 3 N–H and O–H groups in total. The van der Waals surface area contributed by atoms with E-state index in [1.54, 1.807) is 6.20 Å². The fourth-order valence-electron chi connectivity index (χ4n) is 1.19. The lowest BCUT2D eigenvalue weighted by Gasteiger charge is -1.99. The minimum atomic E-state index is 0.825. The first-order valence-corrected chi connectivity index (χ1v) is 4.26. The summed E-state index contributed by atoms with van der Waals surface area (Å²) in [6.45, 7) is 1.70. The van der Waals surface area contributed by atoms with Crippen molar-refractivity contribution in [1.29, 1.82) is 0 Å². The second-order valence-corrected chi connectivity index (χ2v) is 2.90. The number of aromatic amines is 2. The van der Waals surface area contributed by atoms with Crippen molar-refractivity contribution in [3.8, 4) is 0 Å². The molecule has 4 nitrogen and oxygen atoms in total. The third kappa shape index (κ3) is 2.19. The zero-order valence-corrected chi connectivity index (χ0v) is 7.25. The zero-order chi connectivity index (χ0) is 8.93. The van der Waals surface area contributed by atoms with Crippen molar-refractivity contribution in [3.05, 3.63) is 42.0 Å². The molecule has 0 fully saturated rings. The summed E-state index contributed by atoms with van der Waals surface area (Å²) in [7, 11) is 0. The summed E-state index contributed by atoms with van der Waals surface area (Å²) < 4.78 is 0. The molecule has 2 aromatic heterocycles. The Hall–Kier alpha value is -1.55. The van der Waals surface area contributed by atoms with E-state index in [2.05, 4.69) is 26.6 Å². The normalized spacial score (nSPS) is 10.5. The van der Waals surface area contributed by atoms with Crippen molar-refractivity contribution in [1.82, 2.24) is 20.5 Å². The highest BCUT2D eigenvalue weighted by Gasteiger charge is 1.94. The van der Waals surface area contributed by atoms with Crippen LogP contribution < -0.4 is 5.32 Å². The van der Waals surface area contributed by atoms with Gasteiger partial charge < -0.3 is 10.3 Å². The van der Waals surface area contributed by atoms with Gasteiger partial charge in [0, 0.05) is 37.4 Å². The molecule has 0 radical (unpaired) electrons. The SMILES string of the molecule is c1cc(CNCc2cc[nH]c2)[nH]n1. The van der Waals surface area contributed by atoms with Crippen molar-refractivity contribution in [2.24, 2.45) is 0 Å². The van der Waals surface area contributed by atoms with Crippen LogP contribution in [0.25, 0.3) is 0 Å². The van der Waals surface area contributed by atoms with Gasteiger partial charge >= 0.3 is 0 Å². The topological polar surface area (TPSA) is 56.5 Å². The highest BCUT2D eigenvalue weighted by Crippen LogP contribution is 1.96. The maximum atomic E-state index is 3.87. The first-order valence-electron chi connectivity index (χ1n) is 4.26. The van der Waals surface area contributed by atoms with Crippen molar-refractivity contribution in [3.63, 3.8) is 0 Å². The van der Waals surface area contributed by atoms with E-state index in [1.807, 2.05) is 18.5 Å². The largest absolute Gasteiger partial charge is 0.367 e. The molecule has 0 spiro atoms. The molecule has 13 heavy (non-hydrogen) atoms. The summed E-state index contributed by atoms with van der Waals surface area (Å²) in [4.78, 5) is 3.01. The molecule has 0 atom stereocenters. The quantitative estimate of drug-likeness (QED) is 0.651. The smallest absolute Gasteiger partial charge is 0.0490 e. The second-order valence-electron chi connectivity index (χ2n) is 2.90. The predicted octanol–water partition coefficient (Wildman–Crippen LogP) is 1.03. The number of hydrogen-bond donors (Lipinski definition) is 3. The Labute approximate surface area is 76.4 Å². The Morgan fingerprint density at radius 3 is 3.00 bits per heavy atom. The summed E-state index contributed by atoms with van der Waals surface area (Å²) in [5, 5.41) is 10.1. The van der Waals surface area contributed by atoms with Gasteiger partial charge in [0.15, 0.2) is 0 Å². The Bertz CT molecular complexity index is 288. The van der Waals surface area contributed by atoms with Gasteiger partial charge in [0.25, 0.3) is 0 Å². The van der Waals surface area contributed by atoms with Gasteiger partial charge in [-0.2, -0.15) is 5.10 Å². The van der Waals surface area contributed by atoms with E-state index in [-0.39, 0.29) is 0 Å². The Balaban J connectivity index is 1.76. The Morgan fingerprint density at radius 2 is 2.31 bits per heavy atom. The van der Waals surface area contributed by atoms with Gasteiger partial charge in [0.05, 0.1) is 0 Å². The molecule has 4 heteroatoms. The van der Waals surface area contributed by atoms with Gasteiger partial charge in [-0.05, 0) is 17.7 Å². The molecule has 2 rings (SSSR count). The first kappa shape index (κ1) is 8.07. The van der Waals surface area contributed by atoms with Crippen LogP contribution in [0.4, 0.5) is 0 Å². The molecule has 0 aliphatic heterocycles.